The molecule has 1 N–H and O–H groups in total. The molecule has 1 aromatic carbocycles. The molecule has 0 radical (unpaired) electrons. The first-order valence-corrected chi connectivity index (χ1v) is 9.62. The van der Waals surface area contributed by atoms with Gasteiger partial charge in [-0.3, -0.25) is 9.78 Å². The minimum atomic E-state index is -3.66. The minimum absolute atomic E-state index is 0.0187. The number of nitrogens with one attached hydrogen (secondary N) is 1. The van der Waals surface area contributed by atoms with Crippen LogP contribution < -0.4 is 5.32 Å². The Morgan fingerprint density at radius 2 is 1.96 bits per heavy atom. The van der Waals surface area contributed by atoms with Crippen molar-refractivity contribution >= 4 is 50.0 Å². The fraction of sp³-hybridized carbons (Fsp3) is 0.176. The number of aromatic nitrogens is 3. The number of aryl methyl sites for hydroxylation is 1. The molecular weight excluding hydrogens is 376 g/mol. The van der Waals surface area contributed by atoms with Gasteiger partial charge in [-0.05, 0) is 37.6 Å². The number of hydrogen-bond acceptors (Lipinski definition) is 7. The quantitative estimate of drug-likeness (QED) is 0.527. The molecule has 2 aromatic heterocycles. The zero-order valence-electron chi connectivity index (χ0n) is 14.0. The standard InChI is InChI=1S/C17H15ClN4O3S/c1-10-3-14-16(8-23)20-9-21-17(14)15(4-10)22-12-5-13(7-19-6-12)26(24,25)11(2)18/h3-9,11,22H,1-2H3. The molecule has 0 saturated heterocycles. The van der Waals surface area contributed by atoms with Crippen LogP contribution in [-0.2, 0) is 9.84 Å². The summed E-state index contributed by atoms with van der Waals surface area (Å²) in [6, 6.07) is 5.12. The first kappa shape index (κ1) is 18.2. The van der Waals surface area contributed by atoms with Gasteiger partial charge in [-0.2, -0.15) is 0 Å². The van der Waals surface area contributed by atoms with Crippen molar-refractivity contribution in [1.82, 2.24) is 15.0 Å². The second kappa shape index (κ2) is 6.97. The summed E-state index contributed by atoms with van der Waals surface area (Å²) in [7, 11) is -3.66. The van der Waals surface area contributed by atoms with Gasteiger partial charge < -0.3 is 5.32 Å². The fourth-order valence-electron chi connectivity index (χ4n) is 2.51. The van der Waals surface area contributed by atoms with Gasteiger partial charge in [0.05, 0.1) is 28.0 Å². The minimum Gasteiger partial charge on any atom is -0.352 e. The number of aldehydes is 1. The van der Waals surface area contributed by atoms with Gasteiger partial charge in [-0.25, -0.2) is 18.4 Å². The van der Waals surface area contributed by atoms with Crippen LogP contribution in [0.15, 0.2) is 41.8 Å². The molecule has 1 unspecified atom stereocenters. The number of benzene rings is 1. The van der Waals surface area contributed by atoms with E-state index in [-0.39, 0.29) is 10.6 Å². The smallest absolute Gasteiger partial charge is 0.196 e. The van der Waals surface area contributed by atoms with Crippen LogP contribution in [0.2, 0.25) is 0 Å². The summed E-state index contributed by atoms with van der Waals surface area (Å²) in [5, 5.41) is 3.72. The Morgan fingerprint density at radius 1 is 1.19 bits per heavy atom. The van der Waals surface area contributed by atoms with E-state index in [1.165, 1.54) is 31.7 Å². The monoisotopic (exact) mass is 390 g/mol. The van der Waals surface area contributed by atoms with Crippen LogP contribution in [0.5, 0.6) is 0 Å². The molecule has 0 fully saturated rings. The van der Waals surface area contributed by atoms with Crippen LogP contribution in [0.1, 0.15) is 23.0 Å². The van der Waals surface area contributed by atoms with Crippen molar-refractivity contribution in [3.8, 4) is 0 Å². The molecule has 7 nitrogen and oxygen atoms in total. The predicted molar refractivity (Wildman–Crippen MR) is 99.7 cm³/mol. The zero-order chi connectivity index (χ0) is 18.9. The third-order valence-corrected chi connectivity index (χ3v) is 6.21. The first-order valence-electron chi connectivity index (χ1n) is 7.63. The lowest BCUT2D eigenvalue weighted by atomic mass is 10.1. The van der Waals surface area contributed by atoms with Crippen molar-refractivity contribution in [2.24, 2.45) is 0 Å². The molecule has 0 saturated carbocycles. The van der Waals surface area contributed by atoms with Gasteiger partial charge in [0, 0.05) is 11.6 Å². The van der Waals surface area contributed by atoms with Crippen LogP contribution in [0.4, 0.5) is 11.4 Å². The summed E-state index contributed by atoms with van der Waals surface area (Å²) in [6.45, 7) is 3.27. The number of sulfone groups is 1. The van der Waals surface area contributed by atoms with Crippen LogP contribution >= 0.6 is 11.6 Å². The van der Waals surface area contributed by atoms with Crippen LogP contribution in [-0.4, -0.2) is 34.4 Å². The molecular formula is C17H15ClN4O3S. The average molecular weight is 391 g/mol. The molecule has 0 aliphatic heterocycles. The van der Waals surface area contributed by atoms with E-state index in [0.29, 0.717) is 28.6 Å². The Kier molecular flexibility index (Phi) is 4.88. The number of pyridine rings is 1. The number of nitrogens with zero attached hydrogens (tertiary/aromatic N) is 3. The van der Waals surface area contributed by atoms with Gasteiger partial charge in [-0.15, -0.1) is 11.6 Å². The van der Waals surface area contributed by atoms with Crippen LogP contribution in [0.3, 0.4) is 0 Å². The maximum Gasteiger partial charge on any atom is 0.196 e. The number of anilines is 2. The van der Waals surface area contributed by atoms with E-state index < -0.39 is 14.5 Å². The Bertz CT molecular complexity index is 1100. The van der Waals surface area contributed by atoms with E-state index in [1.807, 2.05) is 19.1 Å². The van der Waals surface area contributed by atoms with E-state index in [9.17, 15) is 13.2 Å². The largest absolute Gasteiger partial charge is 0.352 e. The summed E-state index contributed by atoms with van der Waals surface area (Å²) >= 11 is 5.76. The Hall–Kier alpha value is -2.58. The summed E-state index contributed by atoms with van der Waals surface area (Å²) < 4.78 is 23.4. The molecule has 0 amide bonds. The van der Waals surface area contributed by atoms with Crippen molar-refractivity contribution in [2.45, 2.75) is 23.5 Å². The molecule has 0 aliphatic rings. The van der Waals surface area contributed by atoms with Crippen LogP contribution in [0.25, 0.3) is 10.9 Å². The highest BCUT2D eigenvalue weighted by Crippen LogP contribution is 2.28. The van der Waals surface area contributed by atoms with E-state index in [2.05, 4.69) is 20.3 Å². The normalized spacial score (nSPS) is 12.7. The third kappa shape index (κ3) is 3.38. The van der Waals surface area contributed by atoms with E-state index >= 15 is 0 Å². The number of hydrogen-bond donors (Lipinski definition) is 1. The van der Waals surface area contributed by atoms with Gasteiger partial charge >= 0.3 is 0 Å². The lowest BCUT2D eigenvalue weighted by Gasteiger charge is -2.12. The predicted octanol–water partition coefficient (Wildman–Crippen LogP) is 3.25. The molecule has 0 aliphatic carbocycles. The molecule has 134 valence electrons. The summed E-state index contributed by atoms with van der Waals surface area (Å²) in [5.74, 6) is 0. The third-order valence-electron chi connectivity index (χ3n) is 3.77. The number of halogens is 1. The molecule has 0 bridgehead atoms. The van der Waals surface area contributed by atoms with Gasteiger partial charge in [0.15, 0.2) is 16.1 Å². The number of alkyl halides is 1. The van der Waals surface area contributed by atoms with Crippen molar-refractivity contribution in [2.75, 3.05) is 5.32 Å². The molecule has 1 atom stereocenters. The van der Waals surface area contributed by atoms with E-state index in [4.69, 9.17) is 11.6 Å². The maximum absolute atomic E-state index is 12.2. The summed E-state index contributed by atoms with van der Waals surface area (Å²) in [6.07, 6.45) is 4.72. The Labute approximate surface area is 155 Å². The highest BCUT2D eigenvalue weighted by molar-refractivity contribution is 7.93. The van der Waals surface area contributed by atoms with Crippen molar-refractivity contribution in [3.63, 3.8) is 0 Å². The SMILES string of the molecule is Cc1cc(Nc2cncc(S(=O)(=O)C(C)Cl)c2)c2ncnc(C=O)c2c1. The van der Waals surface area contributed by atoms with Crippen molar-refractivity contribution in [1.29, 1.82) is 0 Å². The first-order chi connectivity index (χ1) is 12.3. The van der Waals surface area contributed by atoms with Crippen LogP contribution in [0, 0.1) is 6.92 Å². The summed E-state index contributed by atoms with van der Waals surface area (Å²) in [5.41, 5.74) is 2.80. The highest BCUT2D eigenvalue weighted by Gasteiger charge is 2.22. The molecule has 26 heavy (non-hydrogen) atoms. The highest BCUT2D eigenvalue weighted by atomic mass is 35.5. The van der Waals surface area contributed by atoms with Crippen molar-refractivity contribution < 1.29 is 13.2 Å². The Balaban J connectivity index is 2.09. The number of carbonyl (C=O) groups excluding carboxylic acids is 1. The molecule has 3 rings (SSSR count). The second-order valence-electron chi connectivity index (χ2n) is 5.71. The lowest BCUT2D eigenvalue weighted by molar-refractivity contribution is 0.112. The van der Waals surface area contributed by atoms with Gasteiger partial charge in [0.2, 0.25) is 0 Å². The molecule has 9 heteroatoms. The van der Waals surface area contributed by atoms with Crippen molar-refractivity contribution in [3.05, 3.63) is 48.2 Å². The Morgan fingerprint density at radius 3 is 2.65 bits per heavy atom. The molecule has 2 heterocycles. The average Bonchev–Trinajstić information content (AvgIpc) is 2.61. The molecule has 3 aromatic rings. The number of rotatable bonds is 5. The second-order valence-corrected chi connectivity index (χ2v) is 8.89. The lowest BCUT2D eigenvalue weighted by Crippen LogP contribution is -2.12. The maximum atomic E-state index is 12.2. The van der Waals surface area contributed by atoms with Gasteiger partial charge in [0.25, 0.3) is 0 Å². The fourth-order valence-corrected chi connectivity index (χ4v) is 3.69. The molecule has 0 spiro atoms. The zero-order valence-corrected chi connectivity index (χ0v) is 15.5. The van der Waals surface area contributed by atoms with E-state index in [0.717, 1.165) is 5.56 Å². The number of carbonyl (C=O) groups is 1. The van der Waals surface area contributed by atoms with E-state index in [1.54, 1.807) is 0 Å². The topological polar surface area (TPSA) is 102 Å². The van der Waals surface area contributed by atoms with Gasteiger partial charge in [0.1, 0.15) is 16.7 Å². The summed E-state index contributed by atoms with van der Waals surface area (Å²) in [4.78, 5) is 23.4. The number of fused-ring (bicyclic) bond motifs is 1. The van der Waals surface area contributed by atoms with Gasteiger partial charge in [-0.1, -0.05) is 0 Å².